The number of nitrogens with one attached hydrogen (secondary N) is 1. The Hall–Kier alpha value is -0.810. The average Bonchev–Trinajstić information content (AvgIpc) is 2.95. The Kier molecular flexibility index (Phi) is 4.59. The Bertz CT molecular complexity index is 534. The lowest BCUT2D eigenvalue weighted by molar-refractivity contribution is 0.381. The first-order valence-corrected chi connectivity index (χ1v) is 9.02. The highest BCUT2D eigenvalue weighted by atomic mass is 32.2. The summed E-state index contributed by atoms with van der Waals surface area (Å²) in [4.78, 5) is 0. The number of sulfone groups is 1. The van der Waals surface area contributed by atoms with Crippen molar-refractivity contribution < 1.29 is 12.8 Å². The maximum absolute atomic E-state index is 12.3. The van der Waals surface area contributed by atoms with Gasteiger partial charge >= 0.3 is 0 Å². The Balaban J connectivity index is 1.95. The molecule has 1 aliphatic rings. The van der Waals surface area contributed by atoms with E-state index in [1.165, 1.54) is 0 Å². The summed E-state index contributed by atoms with van der Waals surface area (Å²) >= 11 is 0. The molecule has 1 aromatic rings. The largest absolute Gasteiger partial charge is 0.464 e. The van der Waals surface area contributed by atoms with Gasteiger partial charge in [0.25, 0.3) is 0 Å². The van der Waals surface area contributed by atoms with Crippen molar-refractivity contribution in [3.05, 3.63) is 23.7 Å². The Morgan fingerprint density at radius 3 is 2.40 bits per heavy atom. The van der Waals surface area contributed by atoms with E-state index in [1.54, 1.807) is 6.07 Å². The summed E-state index contributed by atoms with van der Waals surface area (Å²) in [6, 6.07) is 3.64. The molecule has 1 saturated carbocycles. The van der Waals surface area contributed by atoms with Crippen LogP contribution in [0.4, 0.5) is 0 Å². The highest BCUT2D eigenvalue weighted by molar-refractivity contribution is 7.91. The van der Waals surface area contributed by atoms with Crippen LogP contribution in [0, 0.1) is 0 Å². The molecule has 0 spiro atoms. The summed E-state index contributed by atoms with van der Waals surface area (Å²) in [5, 5.41) is 3.16. The van der Waals surface area contributed by atoms with Crippen LogP contribution in [-0.4, -0.2) is 19.2 Å². The van der Waals surface area contributed by atoms with Gasteiger partial charge in [0.2, 0.25) is 0 Å². The molecule has 1 heterocycles. The zero-order valence-corrected chi connectivity index (χ0v) is 13.4. The minimum Gasteiger partial charge on any atom is -0.464 e. The number of furan rings is 1. The fraction of sp³-hybridized carbons (Fsp3) is 0.733. The van der Waals surface area contributed by atoms with Crippen molar-refractivity contribution in [3.8, 4) is 0 Å². The summed E-state index contributed by atoms with van der Waals surface area (Å²) < 4.78 is 30.1. The first-order valence-electron chi connectivity index (χ1n) is 7.30. The molecule has 1 aliphatic carbocycles. The normalized spacial score (nSPS) is 17.8. The van der Waals surface area contributed by atoms with E-state index >= 15 is 0 Å². The maximum atomic E-state index is 12.3. The third-order valence-electron chi connectivity index (χ3n) is 3.66. The molecule has 0 aliphatic heterocycles. The van der Waals surface area contributed by atoms with Crippen LogP contribution in [-0.2, 0) is 22.1 Å². The van der Waals surface area contributed by atoms with E-state index in [9.17, 15) is 8.42 Å². The van der Waals surface area contributed by atoms with Crippen molar-refractivity contribution in [2.75, 3.05) is 0 Å². The fourth-order valence-corrected chi connectivity index (χ4v) is 4.35. The van der Waals surface area contributed by atoms with Gasteiger partial charge in [-0.3, -0.25) is 0 Å². The van der Waals surface area contributed by atoms with E-state index in [1.807, 2.05) is 6.07 Å². The molecule has 1 N–H and O–H groups in total. The second kappa shape index (κ2) is 5.90. The second-order valence-corrected chi connectivity index (χ2v) is 8.97. The summed E-state index contributed by atoms with van der Waals surface area (Å²) in [5.41, 5.74) is 0.0167. The van der Waals surface area contributed by atoms with Crippen LogP contribution >= 0.6 is 0 Å². The van der Waals surface area contributed by atoms with E-state index < -0.39 is 9.84 Å². The van der Waals surface area contributed by atoms with Crippen LogP contribution in [0.3, 0.4) is 0 Å². The first-order chi connectivity index (χ1) is 9.26. The molecular weight excluding hydrogens is 274 g/mol. The summed E-state index contributed by atoms with van der Waals surface area (Å²) in [7, 11) is -3.06. The number of rotatable bonds is 5. The SMILES string of the molecule is CC(C)(C)NCc1ccc(CS(=O)(=O)C2CCCC2)o1. The van der Waals surface area contributed by atoms with Crippen LogP contribution in [0.15, 0.2) is 16.5 Å². The molecule has 0 radical (unpaired) electrons. The van der Waals surface area contributed by atoms with Crippen molar-refractivity contribution in [2.45, 2.75) is 69.5 Å². The lowest BCUT2D eigenvalue weighted by Crippen LogP contribution is -2.34. The average molecular weight is 299 g/mol. The summed E-state index contributed by atoms with van der Waals surface area (Å²) in [5.74, 6) is 1.38. The smallest absolute Gasteiger partial charge is 0.160 e. The predicted octanol–water partition coefficient (Wildman–Crippen LogP) is 3.03. The molecule has 1 fully saturated rings. The number of hydrogen-bond donors (Lipinski definition) is 1. The van der Waals surface area contributed by atoms with Crippen molar-refractivity contribution in [2.24, 2.45) is 0 Å². The van der Waals surface area contributed by atoms with Gasteiger partial charge in [-0.1, -0.05) is 12.8 Å². The lowest BCUT2D eigenvalue weighted by atomic mass is 10.1. The van der Waals surface area contributed by atoms with E-state index in [0.29, 0.717) is 12.3 Å². The molecular formula is C15H25NO3S. The minimum absolute atomic E-state index is 0.0167. The van der Waals surface area contributed by atoms with Gasteiger partial charge in [0.1, 0.15) is 17.3 Å². The van der Waals surface area contributed by atoms with E-state index in [0.717, 1.165) is 31.4 Å². The van der Waals surface area contributed by atoms with Gasteiger partial charge in [-0.15, -0.1) is 0 Å². The quantitative estimate of drug-likeness (QED) is 0.908. The molecule has 0 saturated heterocycles. The summed E-state index contributed by atoms with van der Waals surface area (Å²) in [6.07, 6.45) is 3.68. The Labute approximate surface area is 121 Å². The Morgan fingerprint density at radius 2 is 1.80 bits per heavy atom. The predicted molar refractivity (Wildman–Crippen MR) is 80.2 cm³/mol. The van der Waals surface area contributed by atoms with Crippen molar-refractivity contribution >= 4 is 9.84 Å². The van der Waals surface area contributed by atoms with Gasteiger partial charge in [0.05, 0.1) is 11.8 Å². The summed E-state index contributed by atoms with van der Waals surface area (Å²) in [6.45, 7) is 6.87. The topological polar surface area (TPSA) is 59.3 Å². The standard InChI is InChI=1S/C15H25NO3S/c1-15(2,3)16-10-12-8-9-13(19-12)11-20(17,18)14-6-4-5-7-14/h8-9,14,16H,4-7,10-11H2,1-3H3. The van der Waals surface area contributed by atoms with E-state index in [4.69, 9.17) is 4.42 Å². The number of hydrogen-bond acceptors (Lipinski definition) is 4. The minimum atomic E-state index is -3.06. The van der Waals surface area contributed by atoms with Crippen LogP contribution in [0.2, 0.25) is 0 Å². The molecule has 114 valence electrons. The van der Waals surface area contributed by atoms with Gasteiger partial charge in [0, 0.05) is 5.54 Å². The fourth-order valence-electron chi connectivity index (χ4n) is 2.51. The molecule has 0 bridgehead atoms. The highest BCUT2D eigenvalue weighted by Gasteiger charge is 2.29. The van der Waals surface area contributed by atoms with Gasteiger partial charge in [-0.25, -0.2) is 8.42 Å². The van der Waals surface area contributed by atoms with Gasteiger partial charge < -0.3 is 9.73 Å². The third kappa shape index (κ3) is 4.35. The molecule has 0 atom stereocenters. The molecule has 0 amide bonds. The van der Waals surface area contributed by atoms with Gasteiger partial charge in [-0.2, -0.15) is 0 Å². The lowest BCUT2D eigenvalue weighted by Gasteiger charge is -2.19. The van der Waals surface area contributed by atoms with Crippen molar-refractivity contribution in [1.82, 2.24) is 5.32 Å². The monoisotopic (exact) mass is 299 g/mol. The van der Waals surface area contributed by atoms with Gasteiger partial charge in [0.15, 0.2) is 9.84 Å². The molecule has 5 heteroatoms. The van der Waals surface area contributed by atoms with E-state index in [2.05, 4.69) is 26.1 Å². The van der Waals surface area contributed by atoms with Crippen molar-refractivity contribution in [3.63, 3.8) is 0 Å². The van der Waals surface area contributed by atoms with Gasteiger partial charge in [-0.05, 0) is 45.7 Å². The first kappa shape index (κ1) is 15.6. The highest BCUT2D eigenvalue weighted by Crippen LogP contribution is 2.27. The van der Waals surface area contributed by atoms with E-state index in [-0.39, 0.29) is 16.5 Å². The zero-order chi connectivity index (χ0) is 14.8. The molecule has 0 unspecified atom stereocenters. The third-order valence-corrected chi connectivity index (χ3v) is 5.84. The molecule has 4 nitrogen and oxygen atoms in total. The van der Waals surface area contributed by atoms with Crippen LogP contribution < -0.4 is 5.32 Å². The van der Waals surface area contributed by atoms with Crippen LogP contribution in [0.25, 0.3) is 0 Å². The maximum Gasteiger partial charge on any atom is 0.160 e. The van der Waals surface area contributed by atoms with Crippen LogP contribution in [0.5, 0.6) is 0 Å². The second-order valence-electron chi connectivity index (χ2n) is 6.69. The zero-order valence-electron chi connectivity index (χ0n) is 12.6. The molecule has 0 aromatic carbocycles. The molecule has 20 heavy (non-hydrogen) atoms. The van der Waals surface area contributed by atoms with Crippen molar-refractivity contribution in [1.29, 1.82) is 0 Å². The molecule has 2 rings (SSSR count). The Morgan fingerprint density at radius 1 is 1.20 bits per heavy atom. The van der Waals surface area contributed by atoms with Crippen LogP contribution in [0.1, 0.15) is 58.0 Å². The molecule has 1 aromatic heterocycles.